The summed E-state index contributed by atoms with van der Waals surface area (Å²) in [5, 5.41) is 1.20. The first-order chi connectivity index (χ1) is 18.4. The highest BCUT2D eigenvalue weighted by atomic mass is 15.2. The number of aromatic nitrogens is 2. The van der Waals surface area contributed by atoms with Crippen molar-refractivity contribution in [2.24, 2.45) is 0 Å². The Bertz CT molecular complexity index is 1270. The van der Waals surface area contributed by atoms with E-state index in [2.05, 4.69) is 90.1 Å². The van der Waals surface area contributed by atoms with Gasteiger partial charge >= 0.3 is 0 Å². The van der Waals surface area contributed by atoms with E-state index in [1.165, 1.54) is 61.1 Å². The normalized spacial score (nSPS) is 19.7. The first-order valence-electron chi connectivity index (χ1n) is 14.7. The molecule has 0 N–H and O–H groups in total. The van der Waals surface area contributed by atoms with Gasteiger partial charge in [-0.2, -0.15) is 0 Å². The van der Waals surface area contributed by atoms with E-state index in [1.807, 2.05) is 0 Å². The largest absolute Gasteiger partial charge is 0.377 e. The molecule has 6 nitrogen and oxygen atoms in total. The lowest BCUT2D eigenvalue weighted by molar-refractivity contribution is 0.346. The third-order valence-corrected chi connectivity index (χ3v) is 9.24. The predicted molar refractivity (Wildman–Crippen MR) is 160 cm³/mol. The Kier molecular flexibility index (Phi) is 6.93. The van der Waals surface area contributed by atoms with Gasteiger partial charge in [0.2, 0.25) is 0 Å². The van der Waals surface area contributed by atoms with Crippen molar-refractivity contribution in [3.8, 4) is 0 Å². The van der Waals surface area contributed by atoms with E-state index in [-0.39, 0.29) is 5.41 Å². The van der Waals surface area contributed by atoms with Crippen LogP contribution in [-0.4, -0.2) is 75.3 Å². The summed E-state index contributed by atoms with van der Waals surface area (Å²) in [5.74, 6) is 2.77. The highest BCUT2D eigenvalue weighted by Crippen LogP contribution is 2.47. The number of hydrogen-bond acceptors (Lipinski definition) is 6. The summed E-state index contributed by atoms with van der Waals surface area (Å²) in [5.41, 5.74) is 5.34. The lowest BCUT2D eigenvalue weighted by Gasteiger charge is -2.35. The topological polar surface area (TPSA) is 38.7 Å². The molecule has 3 fully saturated rings. The number of para-hydroxylation sites is 1. The third-order valence-electron chi connectivity index (χ3n) is 9.24. The Hall–Kier alpha value is -2.86. The molecule has 1 aliphatic carbocycles. The fourth-order valence-corrected chi connectivity index (χ4v) is 6.33. The smallest absolute Gasteiger partial charge is 0.140 e. The molecular formula is C32H44N6. The molecule has 3 aliphatic rings. The number of nitrogens with zero attached hydrogens (tertiary/aromatic N) is 6. The molecule has 0 radical (unpaired) electrons. The quantitative estimate of drug-likeness (QED) is 0.388. The maximum atomic E-state index is 5.29. The van der Waals surface area contributed by atoms with Gasteiger partial charge in [0.15, 0.2) is 0 Å². The molecule has 0 unspecified atom stereocenters. The van der Waals surface area contributed by atoms with Crippen molar-refractivity contribution < 1.29 is 0 Å². The van der Waals surface area contributed by atoms with Crippen LogP contribution in [0.1, 0.15) is 62.8 Å². The van der Waals surface area contributed by atoms with E-state index < -0.39 is 0 Å². The Balaban J connectivity index is 1.27. The maximum Gasteiger partial charge on any atom is 0.140 e. The van der Waals surface area contributed by atoms with Crippen LogP contribution >= 0.6 is 0 Å². The van der Waals surface area contributed by atoms with E-state index in [1.54, 1.807) is 0 Å². The molecule has 2 aromatic carbocycles. The second-order valence-electron chi connectivity index (χ2n) is 12.3. The summed E-state index contributed by atoms with van der Waals surface area (Å²) < 4.78 is 0. The van der Waals surface area contributed by atoms with E-state index in [0.29, 0.717) is 5.92 Å². The van der Waals surface area contributed by atoms with E-state index in [4.69, 9.17) is 9.97 Å². The average molecular weight is 513 g/mol. The summed E-state index contributed by atoms with van der Waals surface area (Å²) in [6.07, 6.45) is 7.38. The van der Waals surface area contributed by atoms with Crippen molar-refractivity contribution in [1.82, 2.24) is 14.9 Å². The van der Waals surface area contributed by atoms with Crippen LogP contribution in [0, 0.1) is 0 Å². The summed E-state index contributed by atoms with van der Waals surface area (Å²) >= 11 is 0. The average Bonchev–Trinajstić information content (AvgIpc) is 3.48. The van der Waals surface area contributed by atoms with Gasteiger partial charge in [0, 0.05) is 69.5 Å². The van der Waals surface area contributed by atoms with Gasteiger partial charge < -0.3 is 19.6 Å². The molecule has 0 atom stereocenters. The van der Waals surface area contributed by atoms with Crippen LogP contribution in [0.25, 0.3) is 10.9 Å². The molecule has 202 valence electrons. The van der Waals surface area contributed by atoms with Gasteiger partial charge in [-0.3, -0.25) is 0 Å². The monoisotopic (exact) mass is 512 g/mol. The zero-order chi connectivity index (χ0) is 26.3. The Labute approximate surface area is 228 Å². The molecule has 2 saturated heterocycles. The Morgan fingerprint density at radius 2 is 1.66 bits per heavy atom. The summed E-state index contributed by atoms with van der Waals surface area (Å²) in [6, 6.07) is 15.8. The van der Waals surface area contributed by atoms with Gasteiger partial charge in [-0.05, 0) is 87.4 Å². The Morgan fingerprint density at radius 1 is 0.921 bits per heavy atom. The summed E-state index contributed by atoms with van der Waals surface area (Å²) in [6.45, 7) is 9.07. The molecule has 0 bridgehead atoms. The second-order valence-corrected chi connectivity index (χ2v) is 12.3. The van der Waals surface area contributed by atoms with Crippen molar-refractivity contribution in [3.05, 3.63) is 53.9 Å². The van der Waals surface area contributed by atoms with Crippen LogP contribution in [-0.2, 0) is 5.41 Å². The molecule has 38 heavy (non-hydrogen) atoms. The number of hydrogen-bond donors (Lipinski definition) is 0. The first-order valence-corrected chi connectivity index (χ1v) is 14.7. The van der Waals surface area contributed by atoms with Crippen molar-refractivity contribution >= 4 is 28.1 Å². The molecule has 0 amide bonds. The molecule has 1 aromatic heterocycles. The molecule has 3 aromatic rings. The van der Waals surface area contributed by atoms with Crippen molar-refractivity contribution in [3.63, 3.8) is 0 Å². The minimum absolute atomic E-state index is 0.150. The zero-order valence-corrected chi connectivity index (χ0v) is 23.8. The number of rotatable bonds is 8. The van der Waals surface area contributed by atoms with E-state index >= 15 is 0 Å². The Morgan fingerprint density at radius 3 is 2.37 bits per heavy atom. The van der Waals surface area contributed by atoms with Crippen LogP contribution in [0.15, 0.2) is 42.5 Å². The van der Waals surface area contributed by atoms with Crippen molar-refractivity contribution in [1.29, 1.82) is 0 Å². The number of piperidine rings is 1. The fourth-order valence-electron chi connectivity index (χ4n) is 6.33. The van der Waals surface area contributed by atoms with Gasteiger partial charge in [-0.25, -0.2) is 9.97 Å². The number of likely N-dealkylation sites (tertiary alicyclic amines) is 1. The van der Waals surface area contributed by atoms with Crippen molar-refractivity contribution in [2.75, 3.05) is 75.1 Å². The zero-order valence-electron chi connectivity index (χ0n) is 23.8. The maximum absolute atomic E-state index is 5.29. The summed E-state index contributed by atoms with van der Waals surface area (Å²) in [4.78, 5) is 20.2. The van der Waals surface area contributed by atoms with Crippen molar-refractivity contribution in [2.45, 2.75) is 56.8 Å². The molecule has 6 heteroatoms. The molecule has 6 rings (SSSR count). The van der Waals surface area contributed by atoms with Gasteiger partial charge in [0.25, 0.3) is 0 Å². The standard InChI is InChI=1S/C32H44N6/c1-32(15-16-32)31-33-28-12-11-25(36(4)21-22-37-17-7-8-18-37)23-27(28)30(34-31)38-19-13-24(14-20-38)26-9-5-6-10-29(26)35(2)3/h5-6,9-12,23-24H,7-8,13-22H2,1-4H3. The lowest BCUT2D eigenvalue weighted by atomic mass is 9.88. The predicted octanol–water partition coefficient (Wildman–Crippen LogP) is 5.66. The number of benzene rings is 2. The van der Waals surface area contributed by atoms with Crippen LogP contribution in [0.4, 0.5) is 17.2 Å². The van der Waals surface area contributed by atoms with Gasteiger partial charge in [0.1, 0.15) is 11.6 Å². The van der Waals surface area contributed by atoms with Crippen LogP contribution in [0.3, 0.4) is 0 Å². The SMILES string of the molecule is CN(C)c1ccccc1C1CCN(c2nc(C3(C)CC3)nc3ccc(N(C)CCN4CCCC4)cc23)CC1. The van der Waals surface area contributed by atoms with Gasteiger partial charge in [-0.15, -0.1) is 0 Å². The molecule has 2 aliphatic heterocycles. The molecular weight excluding hydrogens is 468 g/mol. The molecule has 3 heterocycles. The highest BCUT2D eigenvalue weighted by Gasteiger charge is 2.42. The van der Waals surface area contributed by atoms with Crippen LogP contribution < -0.4 is 14.7 Å². The minimum atomic E-state index is 0.150. The van der Waals surface area contributed by atoms with E-state index in [9.17, 15) is 0 Å². The number of likely N-dealkylation sites (N-methyl/N-ethyl adjacent to an activating group) is 1. The fraction of sp³-hybridized carbons (Fsp3) is 0.562. The third kappa shape index (κ3) is 5.07. The van der Waals surface area contributed by atoms with E-state index in [0.717, 1.165) is 56.2 Å². The number of fused-ring (bicyclic) bond motifs is 1. The van der Waals surface area contributed by atoms with Gasteiger partial charge in [0.05, 0.1) is 5.52 Å². The highest BCUT2D eigenvalue weighted by molar-refractivity contribution is 5.92. The number of anilines is 3. The second kappa shape index (κ2) is 10.4. The van der Waals surface area contributed by atoms with Gasteiger partial charge in [-0.1, -0.05) is 25.1 Å². The lowest BCUT2D eigenvalue weighted by Crippen LogP contribution is -2.34. The molecule has 0 spiro atoms. The minimum Gasteiger partial charge on any atom is -0.377 e. The first kappa shape index (κ1) is 25.4. The van der Waals surface area contributed by atoms with Crippen LogP contribution in [0.5, 0.6) is 0 Å². The van der Waals surface area contributed by atoms with Crippen LogP contribution in [0.2, 0.25) is 0 Å². The summed E-state index contributed by atoms with van der Waals surface area (Å²) in [7, 11) is 6.53. The molecule has 1 saturated carbocycles.